The molecule has 1 amide bonds. The summed E-state index contributed by atoms with van der Waals surface area (Å²) in [4.78, 5) is 17.5. The summed E-state index contributed by atoms with van der Waals surface area (Å²) in [7, 11) is 0. The number of benzene rings is 1. The average Bonchev–Trinajstić information content (AvgIpc) is 3.10. The van der Waals surface area contributed by atoms with Gasteiger partial charge in [0.2, 0.25) is 5.91 Å². The second kappa shape index (κ2) is 7.05. The maximum Gasteiger partial charge on any atom is 0.226 e. The molecular weight excluding hydrogens is 322 g/mol. The number of nitrogens with one attached hydrogen (secondary N) is 1. The van der Waals surface area contributed by atoms with Crippen molar-refractivity contribution >= 4 is 22.2 Å². The van der Waals surface area contributed by atoms with Crippen molar-refractivity contribution in [2.45, 2.75) is 33.2 Å². The van der Waals surface area contributed by atoms with Crippen molar-refractivity contribution in [3.8, 4) is 17.0 Å². The van der Waals surface area contributed by atoms with Gasteiger partial charge in [0.05, 0.1) is 18.7 Å². The van der Waals surface area contributed by atoms with Crippen LogP contribution in [0, 0.1) is 0 Å². The number of amides is 1. The number of rotatable bonds is 6. The lowest BCUT2D eigenvalue weighted by Gasteiger charge is -2.07. The van der Waals surface area contributed by atoms with Crippen LogP contribution >= 0.6 is 11.3 Å². The third-order valence-corrected chi connectivity index (χ3v) is 4.42. The van der Waals surface area contributed by atoms with Gasteiger partial charge in [-0.05, 0) is 45.0 Å². The molecule has 1 aromatic carbocycles. The minimum atomic E-state index is 0.0287. The number of nitrogens with zero attached hydrogens (tertiary/aromatic N) is 2. The van der Waals surface area contributed by atoms with Crippen LogP contribution in [0.4, 0.5) is 0 Å². The van der Waals surface area contributed by atoms with Crippen LogP contribution in [0.5, 0.6) is 5.75 Å². The molecule has 0 radical (unpaired) electrons. The standard InChI is InChI=1S/C18H21N3O2S/c1-4-23-15-7-5-13(6-8-15)16-10-21-14(11-24-18(21)20-16)9-17(22)19-12(2)3/h5-8,10-12H,4,9H2,1-3H3,(H,19,22). The van der Waals surface area contributed by atoms with Crippen LogP contribution in [0.15, 0.2) is 35.8 Å². The summed E-state index contributed by atoms with van der Waals surface area (Å²) < 4.78 is 7.46. The average molecular weight is 343 g/mol. The Hall–Kier alpha value is -2.34. The van der Waals surface area contributed by atoms with Gasteiger partial charge >= 0.3 is 0 Å². The maximum atomic E-state index is 12.0. The van der Waals surface area contributed by atoms with Gasteiger partial charge in [0.15, 0.2) is 4.96 Å². The van der Waals surface area contributed by atoms with E-state index in [1.165, 1.54) is 0 Å². The summed E-state index contributed by atoms with van der Waals surface area (Å²) >= 11 is 1.55. The van der Waals surface area contributed by atoms with Gasteiger partial charge in [-0.1, -0.05) is 0 Å². The van der Waals surface area contributed by atoms with Gasteiger partial charge in [-0.15, -0.1) is 11.3 Å². The maximum absolute atomic E-state index is 12.0. The van der Waals surface area contributed by atoms with E-state index >= 15 is 0 Å². The van der Waals surface area contributed by atoms with Gasteiger partial charge < -0.3 is 10.1 Å². The summed E-state index contributed by atoms with van der Waals surface area (Å²) in [5.74, 6) is 0.884. The van der Waals surface area contributed by atoms with Crippen molar-refractivity contribution in [2.24, 2.45) is 0 Å². The molecule has 0 aliphatic rings. The molecule has 0 atom stereocenters. The van der Waals surface area contributed by atoms with Crippen LogP contribution in [0.1, 0.15) is 26.5 Å². The first-order valence-electron chi connectivity index (χ1n) is 8.05. The first kappa shape index (κ1) is 16.5. The fraction of sp³-hybridized carbons (Fsp3) is 0.333. The Kier molecular flexibility index (Phi) is 4.85. The van der Waals surface area contributed by atoms with E-state index in [9.17, 15) is 4.79 Å². The van der Waals surface area contributed by atoms with E-state index in [0.29, 0.717) is 13.0 Å². The molecule has 5 nitrogen and oxygen atoms in total. The third kappa shape index (κ3) is 3.59. The third-order valence-electron chi connectivity index (χ3n) is 3.54. The van der Waals surface area contributed by atoms with Crippen LogP contribution < -0.4 is 10.1 Å². The van der Waals surface area contributed by atoms with Gasteiger partial charge in [0.25, 0.3) is 0 Å². The lowest BCUT2D eigenvalue weighted by Crippen LogP contribution is -2.31. The zero-order chi connectivity index (χ0) is 17.1. The first-order valence-corrected chi connectivity index (χ1v) is 8.93. The summed E-state index contributed by atoms with van der Waals surface area (Å²) in [6, 6.07) is 8.05. The molecule has 0 bridgehead atoms. The summed E-state index contributed by atoms with van der Waals surface area (Å²) in [6.07, 6.45) is 2.34. The lowest BCUT2D eigenvalue weighted by molar-refractivity contribution is -0.120. The van der Waals surface area contributed by atoms with E-state index in [1.54, 1.807) is 11.3 Å². The molecule has 2 aromatic heterocycles. The summed E-state index contributed by atoms with van der Waals surface area (Å²) in [6.45, 7) is 6.54. The Labute approximate surface area is 145 Å². The Morgan fingerprint density at radius 1 is 1.33 bits per heavy atom. The number of aromatic nitrogens is 2. The zero-order valence-corrected chi connectivity index (χ0v) is 14.9. The molecule has 126 valence electrons. The van der Waals surface area contributed by atoms with Crippen molar-refractivity contribution in [1.29, 1.82) is 0 Å². The second-order valence-corrected chi connectivity index (χ2v) is 6.70. The number of ether oxygens (including phenoxy) is 1. The molecule has 24 heavy (non-hydrogen) atoms. The van der Waals surface area contributed by atoms with Crippen LogP contribution in [0.25, 0.3) is 16.2 Å². The Morgan fingerprint density at radius 3 is 2.75 bits per heavy atom. The number of imidazole rings is 1. The van der Waals surface area contributed by atoms with Gasteiger partial charge in [-0.25, -0.2) is 4.98 Å². The van der Waals surface area contributed by atoms with Crippen molar-refractivity contribution < 1.29 is 9.53 Å². The highest BCUT2D eigenvalue weighted by atomic mass is 32.1. The van der Waals surface area contributed by atoms with Gasteiger partial charge in [0, 0.05) is 28.9 Å². The topological polar surface area (TPSA) is 55.6 Å². The van der Waals surface area contributed by atoms with Crippen molar-refractivity contribution in [2.75, 3.05) is 6.61 Å². The normalized spacial score (nSPS) is 11.2. The number of hydrogen-bond acceptors (Lipinski definition) is 4. The lowest BCUT2D eigenvalue weighted by atomic mass is 10.1. The molecule has 0 spiro atoms. The number of hydrogen-bond donors (Lipinski definition) is 1. The van der Waals surface area contributed by atoms with Crippen LogP contribution in [-0.2, 0) is 11.2 Å². The molecule has 1 N–H and O–H groups in total. The second-order valence-electron chi connectivity index (χ2n) is 5.86. The van der Waals surface area contributed by atoms with E-state index in [4.69, 9.17) is 4.74 Å². The number of fused-ring (bicyclic) bond motifs is 1. The fourth-order valence-electron chi connectivity index (χ4n) is 2.52. The molecule has 0 unspecified atom stereocenters. The van der Waals surface area contributed by atoms with Crippen molar-refractivity contribution in [3.63, 3.8) is 0 Å². The van der Waals surface area contributed by atoms with Gasteiger partial charge in [-0.2, -0.15) is 0 Å². The molecule has 0 aliphatic heterocycles. The predicted octanol–water partition coefficient (Wildman–Crippen LogP) is 3.53. The quantitative estimate of drug-likeness (QED) is 0.745. The number of carbonyl (C=O) groups excluding carboxylic acids is 1. The molecular formula is C18H21N3O2S. The SMILES string of the molecule is CCOc1ccc(-c2cn3c(CC(=O)NC(C)C)csc3n2)cc1. The minimum Gasteiger partial charge on any atom is -0.494 e. The fourth-order valence-corrected chi connectivity index (χ4v) is 3.39. The highest BCUT2D eigenvalue weighted by molar-refractivity contribution is 7.15. The van der Waals surface area contributed by atoms with Gasteiger partial charge in [-0.3, -0.25) is 9.20 Å². The highest BCUT2D eigenvalue weighted by Crippen LogP contribution is 2.25. The molecule has 3 rings (SSSR count). The molecule has 0 aliphatic carbocycles. The summed E-state index contributed by atoms with van der Waals surface area (Å²) in [5, 5.41) is 4.91. The molecule has 0 fully saturated rings. The smallest absolute Gasteiger partial charge is 0.226 e. The van der Waals surface area contributed by atoms with Gasteiger partial charge in [0.1, 0.15) is 5.75 Å². The van der Waals surface area contributed by atoms with E-state index in [-0.39, 0.29) is 11.9 Å². The van der Waals surface area contributed by atoms with Crippen LogP contribution in [0.2, 0.25) is 0 Å². The predicted molar refractivity (Wildman–Crippen MR) is 96.7 cm³/mol. The first-order chi connectivity index (χ1) is 11.6. The molecule has 0 saturated heterocycles. The Morgan fingerprint density at radius 2 is 2.08 bits per heavy atom. The highest BCUT2D eigenvalue weighted by Gasteiger charge is 2.13. The number of carbonyl (C=O) groups is 1. The van der Waals surface area contributed by atoms with Crippen LogP contribution in [-0.4, -0.2) is 27.9 Å². The molecule has 3 aromatic rings. The van der Waals surface area contributed by atoms with E-state index in [0.717, 1.165) is 27.7 Å². The minimum absolute atomic E-state index is 0.0287. The number of thiazole rings is 1. The van der Waals surface area contributed by atoms with E-state index in [2.05, 4.69) is 10.3 Å². The largest absolute Gasteiger partial charge is 0.494 e. The summed E-state index contributed by atoms with van der Waals surface area (Å²) in [5.41, 5.74) is 2.89. The van der Waals surface area contributed by atoms with E-state index in [1.807, 2.05) is 61.0 Å². The molecule has 0 saturated carbocycles. The molecule has 6 heteroatoms. The Bertz CT molecular complexity index is 834. The van der Waals surface area contributed by atoms with E-state index < -0.39 is 0 Å². The van der Waals surface area contributed by atoms with Crippen LogP contribution in [0.3, 0.4) is 0 Å². The monoisotopic (exact) mass is 343 g/mol. The van der Waals surface area contributed by atoms with Crippen molar-refractivity contribution in [3.05, 3.63) is 41.5 Å². The van der Waals surface area contributed by atoms with Crippen molar-refractivity contribution in [1.82, 2.24) is 14.7 Å². The Balaban J connectivity index is 1.82. The molecule has 2 heterocycles. The zero-order valence-electron chi connectivity index (χ0n) is 14.1.